The minimum Gasteiger partial charge on any atom is -0.452 e. The molecule has 0 heterocycles. The number of esters is 1. The van der Waals surface area contributed by atoms with E-state index in [0.29, 0.717) is 11.3 Å². The number of nitrogens with one attached hydrogen (secondary N) is 1. The fourth-order valence-corrected chi connectivity index (χ4v) is 3.94. The first-order chi connectivity index (χ1) is 12.8. The van der Waals surface area contributed by atoms with Gasteiger partial charge < -0.3 is 10.1 Å². The lowest BCUT2D eigenvalue weighted by Gasteiger charge is -2.09. The Balaban J connectivity index is 1.55. The standard InChI is InChI=1S/C20H21NO5S/c1-27(24,25)13-14-4-2-7-17(10-14)20(23)26-12-19(22)21-18-9-8-15-5-3-6-16(15)11-18/h2,4,7-11H,3,5-6,12-13H2,1H3,(H,21,22). The molecular formula is C20H21NO5S. The van der Waals surface area contributed by atoms with Crippen molar-refractivity contribution in [2.24, 2.45) is 0 Å². The molecule has 0 spiro atoms. The molecule has 0 saturated carbocycles. The van der Waals surface area contributed by atoms with Gasteiger partial charge in [0.05, 0.1) is 11.3 Å². The summed E-state index contributed by atoms with van der Waals surface area (Å²) >= 11 is 0. The Morgan fingerprint density at radius 2 is 1.85 bits per heavy atom. The molecule has 2 aromatic rings. The Morgan fingerprint density at radius 3 is 2.63 bits per heavy atom. The molecule has 0 unspecified atom stereocenters. The van der Waals surface area contributed by atoms with E-state index in [1.165, 1.54) is 23.3 Å². The summed E-state index contributed by atoms with van der Waals surface area (Å²) in [5.74, 6) is -1.25. The second-order valence-electron chi connectivity index (χ2n) is 6.73. The van der Waals surface area contributed by atoms with Crippen molar-refractivity contribution in [2.45, 2.75) is 25.0 Å². The number of sulfone groups is 1. The zero-order chi connectivity index (χ0) is 19.4. The van der Waals surface area contributed by atoms with Crippen molar-refractivity contribution in [3.8, 4) is 0 Å². The molecule has 0 aromatic heterocycles. The fourth-order valence-electron chi connectivity index (χ4n) is 3.15. The first-order valence-corrected chi connectivity index (χ1v) is 10.7. The van der Waals surface area contributed by atoms with E-state index in [2.05, 4.69) is 5.32 Å². The highest BCUT2D eigenvalue weighted by Gasteiger charge is 2.14. The van der Waals surface area contributed by atoms with E-state index in [1.807, 2.05) is 18.2 Å². The van der Waals surface area contributed by atoms with Crippen LogP contribution in [0, 0.1) is 0 Å². The van der Waals surface area contributed by atoms with Gasteiger partial charge in [-0.2, -0.15) is 0 Å². The van der Waals surface area contributed by atoms with Crippen LogP contribution in [0.2, 0.25) is 0 Å². The fraction of sp³-hybridized carbons (Fsp3) is 0.300. The Kier molecular flexibility index (Phi) is 5.60. The predicted molar refractivity (Wildman–Crippen MR) is 102 cm³/mol. The lowest BCUT2D eigenvalue weighted by molar-refractivity contribution is -0.119. The van der Waals surface area contributed by atoms with Gasteiger partial charge in [-0.25, -0.2) is 13.2 Å². The summed E-state index contributed by atoms with van der Waals surface area (Å²) in [7, 11) is -3.20. The Labute approximate surface area is 158 Å². The SMILES string of the molecule is CS(=O)(=O)Cc1cccc(C(=O)OCC(=O)Nc2ccc3c(c2)CCC3)c1. The molecule has 1 aliphatic rings. The molecule has 0 fully saturated rings. The molecule has 0 atom stereocenters. The van der Waals surface area contributed by atoms with Gasteiger partial charge in [-0.15, -0.1) is 0 Å². The third-order valence-electron chi connectivity index (χ3n) is 4.31. The van der Waals surface area contributed by atoms with Crippen LogP contribution in [0.5, 0.6) is 0 Å². The van der Waals surface area contributed by atoms with Crippen molar-refractivity contribution in [2.75, 3.05) is 18.2 Å². The first kappa shape index (κ1) is 19.1. The van der Waals surface area contributed by atoms with Crippen molar-refractivity contribution in [3.63, 3.8) is 0 Å². The summed E-state index contributed by atoms with van der Waals surface area (Å²) in [5, 5.41) is 2.73. The molecule has 6 nitrogen and oxygen atoms in total. The van der Waals surface area contributed by atoms with Gasteiger partial charge in [0.2, 0.25) is 0 Å². The number of aryl methyl sites for hydroxylation is 2. The molecule has 1 amide bonds. The maximum Gasteiger partial charge on any atom is 0.338 e. The molecule has 1 N–H and O–H groups in total. The topological polar surface area (TPSA) is 89.5 Å². The lowest BCUT2D eigenvalue weighted by Crippen LogP contribution is -2.21. The second kappa shape index (κ2) is 7.92. The minimum absolute atomic E-state index is 0.160. The van der Waals surface area contributed by atoms with Gasteiger partial charge in [-0.1, -0.05) is 18.2 Å². The number of rotatable bonds is 6. The quantitative estimate of drug-likeness (QED) is 0.770. The normalized spacial score (nSPS) is 13.1. The van der Waals surface area contributed by atoms with Gasteiger partial charge in [0, 0.05) is 11.9 Å². The van der Waals surface area contributed by atoms with E-state index < -0.39 is 28.3 Å². The Morgan fingerprint density at radius 1 is 1.07 bits per heavy atom. The van der Waals surface area contributed by atoms with E-state index in [4.69, 9.17) is 4.74 Å². The average molecular weight is 387 g/mol. The van der Waals surface area contributed by atoms with Gasteiger partial charge in [0.1, 0.15) is 0 Å². The smallest absolute Gasteiger partial charge is 0.338 e. The molecule has 0 bridgehead atoms. The van der Waals surface area contributed by atoms with E-state index >= 15 is 0 Å². The van der Waals surface area contributed by atoms with Gasteiger partial charge in [-0.05, 0) is 60.2 Å². The van der Waals surface area contributed by atoms with Crippen LogP contribution >= 0.6 is 0 Å². The number of ether oxygens (including phenoxy) is 1. The van der Waals surface area contributed by atoms with E-state index in [0.717, 1.165) is 25.5 Å². The zero-order valence-electron chi connectivity index (χ0n) is 15.0. The van der Waals surface area contributed by atoms with Crippen LogP contribution in [-0.4, -0.2) is 33.2 Å². The maximum atomic E-state index is 12.1. The van der Waals surface area contributed by atoms with Crippen molar-refractivity contribution < 1.29 is 22.7 Å². The predicted octanol–water partition coefficient (Wildman–Crippen LogP) is 2.52. The van der Waals surface area contributed by atoms with Crippen LogP contribution in [0.25, 0.3) is 0 Å². The zero-order valence-corrected chi connectivity index (χ0v) is 15.8. The Hall–Kier alpha value is -2.67. The van der Waals surface area contributed by atoms with Crippen LogP contribution in [0.3, 0.4) is 0 Å². The second-order valence-corrected chi connectivity index (χ2v) is 8.87. The molecule has 1 aliphatic carbocycles. The molecule has 0 saturated heterocycles. The summed E-state index contributed by atoms with van der Waals surface area (Å²) in [5.41, 5.74) is 3.95. The summed E-state index contributed by atoms with van der Waals surface area (Å²) < 4.78 is 27.8. The maximum absolute atomic E-state index is 12.1. The summed E-state index contributed by atoms with van der Waals surface area (Å²) in [6.45, 7) is -0.410. The molecule has 0 aliphatic heterocycles. The van der Waals surface area contributed by atoms with Crippen molar-refractivity contribution in [1.29, 1.82) is 0 Å². The molecule has 27 heavy (non-hydrogen) atoms. The summed E-state index contributed by atoms with van der Waals surface area (Å²) in [6, 6.07) is 12.0. The number of anilines is 1. The largest absolute Gasteiger partial charge is 0.452 e. The van der Waals surface area contributed by atoms with E-state index in [-0.39, 0.29) is 11.3 Å². The van der Waals surface area contributed by atoms with Gasteiger partial charge in [0.15, 0.2) is 16.4 Å². The number of hydrogen-bond donors (Lipinski definition) is 1. The van der Waals surface area contributed by atoms with Crippen LogP contribution in [0.15, 0.2) is 42.5 Å². The third-order valence-corrected chi connectivity index (χ3v) is 5.17. The highest BCUT2D eigenvalue weighted by molar-refractivity contribution is 7.89. The van der Waals surface area contributed by atoms with Crippen LogP contribution in [0.4, 0.5) is 5.69 Å². The lowest BCUT2D eigenvalue weighted by atomic mass is 10.1. The number of hydrogen-bond acceptors (Lipinski definition) is 5. The molecule has 2 aromatic carbocycles. The molecular weight excluding hydrogens is 366 g/mol. The highest BCUT2D eigenvalue weighted by Crippen LogP contribution is 2.24. The number of fused-ring (bicyclic) bond motifs is 1. The number of carbonyl (C=O) groups excluding carboxylic acids is 2. The minimum atomic E-state index is -3.20. The van der Waals surface area contributed by atoms with Gasteiger partial charge in [-0.3, -0.25) is 4.79 Å². The molecule has 7 heteroatoms. The van der Waals surface area contributed by atoms with Gasteiger partial charge in [0.25, 0.3) is 5.91 Å². The molecule has 142 valence electrons. The average Bonchev–Trinajstić information content (AvgIpc) is 3.06. The monoisotopic (exact) mass is 387 g/mol. The first-order valence-electron chi connectivity index (χ1n) is 8.65. The van der Waals surface area contributed by atoms with E-state index in [1.54, 1.807) is 12.1 Å². The van der Waals surface area contributed by atoms with Crippen molar-refractivity contribution in [1.82, 2.24) is 0 Å². The van der Waals surface area contributed by atoms with Crippen LogP contribution in [-0.2, 0) is 38.0 Å². The number of carbonyl (C=O) groups is 2. The van der Waals surface area contributed by atoms with Crippen molar-refractivity contribution in [3.05, 3.63) is 64.7 Å². The number of benzene rings is 2. The molecule has 0 radical (unpaired) electrons. The summed E-state index contributed by atoms with van der Waals surface area (Å²) in [4.78, 5) is 24.2. The Bertz CT molecular complexity index is 982. The third kappa shape index (κ3) is 5.40. The number of amides is 1. The van der Waals surface area contributed by atoms with Gasteiger partial charge >= 0.3 is 5.97 Å². The van der Waals surface area contributed by atoms with Crippen molar-refractivity contribution >= 4 is 27.4 Å². The molecule has 3 rings (SSSR count). The van der Waals surface area contributed by atoms with Crippen LogP contribution in [0.1, 0.15) is 33.5 Å². The van der Waals surface area contributed by atoms with E-state index in [9.17, 15) is 18.0 Å². The van der Waals surface area contributed by atoms with Crippen LogP contribution < -0.4 is 5.32 Å². The highest BCUT2D eigenvalue weighted by atomic mass is 32.2. The summed E-state index contributed by atoms with van der Waals surface area (Å²) in [6.07, 6.45) is 4.33.